The van der Waals surface area contributed by atoms with Gasteiger partial charge in [-0.1, -0.05) is 19.9 Å². The Morgan fingerprint density at radius 3 is 2.75 bits per heavy atom. The molecule has 3 heteroatoms. The highest BCUT2D eigenvalue weighted by molar-refractivity contribution is 5.33. The number of rotatable bonds is 2. The third kappa shape index (κ3) is 2.03. The van der Waals surface area contributed by atoms with E-state index in [1.54, 1.807) is 29.1 Å². The maximum atomic E-state index is 11.6. The van der Waals surface area contributed by atoms with Crippen molar-refractivity contribution in [2.75, 3.05) is 0 Å². The Labute approximate surface area is 94.4 Å². The fourth-order valence-corrected chi connectivity index (χ4v) is 1.53. The summed E-state index contributed by atoms with van der Waals surface area (Å²) in [6.45, 7) is 4.21. The zero-order valence-corrected chi connectivity index (χ0v) is 9.42. The van der Waals surface area contributed by atoms with Crippen molar-refractivity contribution in [3.63, 3.8) is 0 Å². The van der Waals surface area contributed by atoms with E-state index in [-0.39, 0.29) is 5.56 Å². The van der Waals surface area contributed by atoms with Crippen LogP contribution in [0, 0.1) is 0 Å². The number of pyridine rings is 2. The van der Waals surface area contributed by atoms with Gasteiger partial charge in [-0.05, 0) is 23.6 Å². The monoisotopic (exact) mass is 214 g/mol. The molecule has 2 aromatic rings. The molecule has 0 unspecified atom stereocenters. The summed E-state index contributed by atoms with van der Waals surface area (Å²) < 4.78 is 1.60. The van der Waals surface area contributed by atoms with Gasteiger partial charge in [-0.15, -0.1) is 0 Å². The Hall–Kier alpha value is -1.90. The lowest BCUT2D eigenvalue weighted by Gasteiger charge is -2.08. The van der Waals surface area contributed by atoms with Gasteiger partial charge in [0.15, 0.2) is 0 Å². The second kappa shape index (κ2) is 4.31. The molecule has 0 N–H and O–H groups in total. The summed E-state index contributed by atoms with van der Waals surface area (Å²) in [7, 11) is 0. The van der Waals surface area contributed by atoms with Gasteiger partial charge in [-0.2, -0.15) is 0 Å². The van der Waals surface area contributed by atoms with E-state index in [2.05, 4.69) is 18.8 Å². The molecule has 2 aromatic heterocycles. The van der Waals surface area contributed by atoms with Crippen molar-refractivity contribution in [3.05, 3.63) is 58.8 Å². The first kappa shape index (κ1) is 10.6. The van der Waals surface area contributed by atoms with E-state index in [1.807, 2.05) is 18.3 Å². The number of hydrogen-bond donors (Lipinski definition) is 0. The average molecular weight is 214 g/mol. The topological polar surface area (TPSA) is 34.9 Å². The van der Waals surface area contributed by atoms with Gasteiger partial charge in [0.2, 0.25) is 0 Å². The highest BCUT2D eigenvalue weighted by Crippen LogP contribution is 2.15. The van der Waals surface area contributed by atoms with E-state index in [1.165, 1.54) is 0 Å². The van der Waals surface area contributed by atoms with E-state index in [0.717, 1.165) is 11.3 Å². The fraction of sp³-hybridized carbons (Fsp3) is 0.231. The van der Waals surface area contributed by atoms with E-state index in [0.29, 0.717) is 5.92 Å². The molecule has 2 rings (SSSR count). The first-order chi connectivity index (χ1) is 7.68. The van der Waals surface area contributed by atoms with Gasteiger partial charge in [0.1, 0.15) is 0 Å². The minimum Gasteiger partial charge on any atom is -0.283 e. The zero-order valence-electron chi connectivity index (χ0n) is 9.42. The van der Waals surface area contributed by atoms with E-state index >= 15 is 0 Å². The first-order valence-electron chi connectivity index (χ1n) is 5.31. The first-order valence-corrected chi connectivity index (χ1v) is 5.31. The summed E-state index contributed by atoms with van der Waals surface area (Å²) in [6, 6.07) is 7.11. The van der Waals surface area contributed by atoms with Crippen LogP contribution < -0.4 is 5.56 Å². The Morgan fingerprint density at radius 2 is 2.06 bits per heavy atom. The lowest BCUT2D eigenvalue weighted by atomic mass is 10.1. The predicted octanol–water partition coefficient (Wildman–Crippen LogP) is 2.36. The van der Waals surface area contributed by atoms with Gasteiger partial charge in [0.25, 0.3) is 5.56 Å². The number of nitrogens with zero attached hydrogens (tertiary/aromatic N) is 2. The Morgan fingerprint density at radius 1 is 1.25 bits per heavy atom. The van der Waals surface area contributed by atoms with Crippen LogP contribution in [0.25, 0.3) is 5.69 Å². The minimum absolute atomic E-state index is 0.0368. The Kier molecular flexibility index (Phi) is 2.86. The minimum atomic E-state index is -0.0368. The van der Waals surface area contributed by atoms with Crippen molar-refractivity contribution < 1.29 is 0 Å². The van der Waals surface area contributed by atoms with Crippen LogP contribution >= 0.6 is 0 Å². The molecule has 82 valence electrons. The van der Waals surface area contributed by atoms with E-state index < -0.39 is 0 Å². The van der Waals surface area contributed by atoms with Gasteiger partial charge < -0.3 is 0 Å². The van der Waals surface area contributed by atoms with E-state index in [4.69, 9.17) is 0 Å². The van der Waals surface area contributed by atoms with Crippen molar-refractivity contribution in [1.29, 1.82) is 0 Å². The van der Waals surface area contributed by atoms with Gasteiger partial charge in [0, 0.05) is 18.5 Å². The Balaban J connectivity index is 2.53. The molecule has 0 saturated heterocycles. The Bertz CT molecular complexity index is 543. The molecular formula is C13H14N2O. The molecule has 0 radical (unpaired) electrons. The maximum absolute atomic E-state index is 11.6. The van der Waals surface area contributed by atoms with Crippen molar-refractivity contribution in [2.24, 2.45) is 0 Å². The highest BCUT2D eigenvalue weighted by Gasteiger charge is 2.03. The summed E-state index contributed by atoms with van der Waals surface area (Å²) >= 11 is 0. The molecule has 2 heterocycles. The van der Waals surface area contributed by atoms with Crippen molar-refractivity contribution in [3.8, 4) is 5.69 Å². The average Bonchev–Trinajstić information content (AvgIpc) is 2.30. The van der Waals surface area contributed by atoms with Crippen LogP contribution in [0.5, 0.6) is 0 Å². The van der Waals surface area contributed by atoms with Gasteiger partial charge in [-0.25, -0.2) is 0 Å². The molecule has 0 saturated carbocycles. The highest BCUT2D eigenvalue weighted by atomic mass is 16.1. The standard InChI is InChI=1S/C13H14N2O/c1-10(2)11-7-12(9-14-8-11)15-6-4-3-5-13(15)16/h3-10H,1-2H3. The predicted molar refractivity (Wildman–Crippen MR) is 63.9 cm³/mol. The largest absolute Gasteiger partial charge is 0.283 e. The fourth-order valence-electron chi connectivity index (χ4n) is 1.53. The van der Waals surface area contributed by atoms with Gasteiger partial charge in [0.05, 0.1) is 11.9 Å². The normalized spacial score (nSPS) is 10.7. The lowest BCUT2D eigenvalue weighted by molar-refractivity contribution is 0.849. The number of aromatic nitrogens is 2. The number of hydrogen-bond acceptors (Lipinski definition) is 2. The van der Waals surface area contributed by atoms with Crippen LogP contribution in [0.4, 0.5) is 0 Å². The second-order valence-corrected chi connectivity index (χ2v) is 4.04. The quantitative estimate of drug-likeness (QED) is 0.769. The van der Waals surface area contributed by atoms with E-state index in [9.17, 15) is 4.79 Å². The molecule has 0 atom stereocenters. The molecule has 0 spiro atoms. The summed E-state index contributed by atoms with van der Waals surface area (Å²) in [5, 5.41) is 0. The molecule has 16 heavy (non-hydrogen) atoms. The molecule has 0 bridgehead atoms. The summed E-state index contributed by atoms with van der Waals surface area (Å²) in [6.07, 6.45) is 5.29. The maximum Gasteiger partial charge on any atom is 0.255 e. The third-order valence-corrected chi connectivity index (χ3v) is 2.51. The summed E-state index contributed by atoms with van der Waals surface area (Å²) in [4.78, 5) is 15.8. The van der Waals surface area contributed by atoms with Crippen molar-refractivity contribution in [2.45, 2.75) is 19.8 Å². The molecule has 0 aromatic carbocycles. The molecule has 0 aliphatic heterocycles. The summed E-state index contributed by atoms with van der Waals surface area (Å²) in [5.41, 5.74) is 1.91. The molecule has 0 aliphatic carbocycles. The smallest absolute Gasteiger partial charge is 0.255 e. The van der Waals surface area contributed by atoms with Crippen LogP contribution in [0.2, 0.25) is 0 Å². The van der Waals surface area contributed by atoms with Gasteiger partial charge in [-0.3, -0.25) is 14.3 Å². The van der Waals surface area contributed by atoms with Crippen LogP contribution in [0.15, 0.2) is 47.7 Å². The molecular weight excluding hydrogens is 200 g/mol. The third-order valence-electron chi connectivity index (χ3n) is 2.51. The molecule has 0 amide bonds. The van der Waals surface area contributed by atoms with Crippen LogP contribution in [0.1, 0.15) is 25.3 Å². The molecule has 0 fully saturated rings. The van der Waals surface area contributed by atoms with Crippen LogP contribution in [-0.2, 0) is 0 Å². The van der Waals surface area contributed by atoms with Crippen LogP contribution in [-0.4, -0.2) is 9.55 Å². The second-order valence-electron chi connectivity index (χ2n) is 4.04. The van der Waals surface area contributed by atoms with Crippen molar-refractivity contribution >= 4 is 0 Å². The van der Waals surface area contributed by atoms with Gasteiger partial charge >= 0.3 is 0 Å². The zero-order chi connectivity index (χ0) is 11.5. The summed E-state index contributed by atoms with van der Waals surface area (Å²) in [5.74, 6) is 0.409. The van der Waals surface area contributed by atoms with Crippen LogP contribution in [0.3, 0.4) is 0 Å². The molecule has 0 aliphatic rings. The molecule has 3 nitrogen and oxygen atoms in total. The van der Waals surface area contributed by atoms with Crippen molar-refractivity contribution in [1.82, 2.24) is 9.55 Å². The lowest BCUT2D eigenvalue weighted by Crippen LogP contribution is -2.15. The SMILES string of the molecule is CC(C)c1cncc(-n2ccccc2=O)c1.